The first-order valence-corrected chi connectivity index (χ1v) is 8.37. The second kappa shape index (κ2) is 6.24. The first-order valence-electron chi connectivity index (χ1n) is 7.21. The van der Waals surface area contributed by atoms with Crippen molar-refractivity contribution in [1.29, 1.82) is 0 Å². The minimum Gasteiger partial charge on any atom is -0.444 e. The lowest BCUT2D eigenvalue weighted by Crippen LogP contribution is -2.47. The van der Waals surface area contributed by atoms with E-state index in [0.29, 0.717) is 13.1 Å². The number of thioether (sulfide) groups is 1. The van der Waals surface area contributed by atoms with Gasteiger partial charge in [-0.2, -0.15) is 0 Å². The van der Waals surface area contributed by atoms with E-state index in [-0.39, 0.29) is 17.9 Å². The van der Waals surface area contributed by atoms with E-state index in [1.165, 1.54) is 0 Å². The summed E-state index contributed by atoms with van der Waals surface area (Å²) in [5.74, 6) is 1.95. The van der Waals surface area contributed by atoms with E-state index < -0.39 is 5.60 Å². The highest BCUT2D eigenvalue weighted by Gasteiger charge is 2.33. The molecule has 6 heteroatoms. The summed E-state index contributed by atoms with van der Waals surface area (Å²) in [6.07, 6.45) is 1.45. The van der Waals surface area contributed by atoms with Gasteiger partial charge in [0.2, 0.25) is 5.91 Å². The fourth-order valence-electron chi connectivity index (χ4n) is 2.52. The Bertz CT molecular complexity index is 375. The summed E-state index contributed by atoms with van der Waals surface area (Å²) in [6.45, 7) is 7.60. The molecule has 0 aromatic rings. The van der Waals surface area contributed by atoms with Crippen LogP contribution < -0.4 is 0 Å². The Morgan fingerprint density at radius 1 is 1.20 bits per heavy atom. The van der Waals surface area contributed by atoms with E-state index in [1.807, 2.05) is 25.7 Å². The molecule has 20 heavy (non-hydrogen) atoms. The topological polar surface area (TPSA) is 49.9 Å². The van der Waals surface area contributed by atoms with Crippen molar-refractivity contribution in [2.24, 2.45) is 5.92 Å². The maximum absolute atomic E-state index is 12.4. The van der Waals surface area contributed by atoms with Gasteiger partial charge in [0.25, 0.3) is 0 Å². The monoisotopic (exact) mass is 300 g/mol. The van der Waals surface area contributed by atoms with E-state index >= 15 is 0 Å². The Balaban J connectivity index is 1.91. The standard InChI is InChI=1S/C14H24N2O3S/c1-14(2,3)19-13(18)15-6-4-5-11(9-15)12(17)16-7-8-20-10-16/h11H,4-10H2,1-3H3. The van der Waals surface area contributed by atoms with Gasteiger partial charge in [-0.05, 0) is 33.6 Å². The third kappa shape index (κ3) is 4.04. The molecule has 5 nitrogen and oxygen atoms in total. The third-order valence-corrected chi connectivity index (χ3v) is 4.45. The first kappa shape index (κ1) is 15.5. The Kier molecular flexibility index (Phi) is 4.83. The summed E-state index contributed by atoms with van der Waals surface area (Å²) in [4.78, 5) is 28.1. The van der Waals surface area contributed by atoms with Gasteiger partial charge in [-0.1, -0.05) is 0 Å². The molecule has 1 unspecified atom stereocenters. The van der Waals surface area contributed by atoms with Gasteiger partial charge < -0.3 is 14.5 Å². The van der Waals surface area contributed by atoms with Crippen LogP contribution in [0.2, 0.25) is 0 Å². The predicted molar refractivity (Wildman–Crippen MR) is 79.6 cm³/mol. The second-order valence-electron chi connectivity index (χ2n) is 6.40. The summed E-state index contributed by atoms with van der Waals surface area (Å²) < 4.78 is 5.39. The van der Waals surface area contributed by atoms with E-state index in [2.05, 4.69) is 0 Å². The van der Waals surface area contributed by atoms with Gasteiger partial charge in [0.05, 0.1) is 11.8 Å². The van der Waals surface area contributed by atoms with E-state index in [1.54, 1.807) is 16.7 Å². The number of piperidine rings is 1. The van der Waals surface area contributed by atoms with Gasteiger partial charge in [-0.25, -0.2) is 4.79 Å². The molecule has 2 heterocycles. The van der Waals surface area contributed by atoms with Gasteiger partial charge >= 0.3 is 6.09 Å². The average Bonchev–Trinajstić information content (AvgIpc) is 2.90. The van der Waals surface area contributed by atoms with Gasteiger partial charge in [0.15, 0.2) is 0 Å². The zero-order valence-corrected chi connectivity index (χ0v) is 13.4. The molecule has 0 saturated carbocycles. The average molecular weight is 300 g/mol. The Morgan fingerprint density at radius 2 is 1.95 bits per heavy atom. The van der Waals surface area contributed by atoms with Crippen molar-refractivity contribution >= 4 is 23.8 Å². The first-order chi connectivity index (χ1) is 9.37. The molecule has 2 fully saturated rings. The zero-order chi connectivity index (χ0) is 14.8. The van der Waals surface area contributed by atoms with Crippen molar-refractivity contribution < 1.29 is 14.3 Å². The summed E-state index contributed by atoms with van der Waals surface area (Å²) in [5.41, 5.74) is -0.486. The molecule has 2 aliphatic heterocycles. The van der Waals surface area contributed by atoms with Crippen molar-refractivity contribution in [2.75, 3.05) is 31.3 Å². The number of hydrogen-bond acceptors (Lipinski definition) is 4. The summed E-state index contributed by atoms with van der Waals surface area (Å²) in [7, 11) is 0. The molecule has 2 rings (SSSR count). The Hall–Kier alpha value is -0.910. The van der Waals surface area contributed by atoms with Crippen LogP contribution >= 0.6 is 11.8 Å². The molecule has 2 aliphatic rings. The van der Waals surface area contributed by atoms with Crippen LogP contribution in [0.3, 0.4) is 0 Å². The van der Waals surface area contributed by atoms with E-state index in [4.69, 9.17) is 4.74 Å². The second-order valence-corrected chi connectivity index (χ2v) is 7.48. The molecule has 0 radical (unpaired) electrons. The molecular weight excluding hydrogens is 276 g/mol. The normalized spacial score (nSPS) is 23.9. The third-order valence-electron chi connectivity index (χ3n) is 3.49. The van der Waals surface area contributed by atoms with Gasteiger partial charge in [0.1, 0.15) is 5.60 Å². The molecule has 2 saturated heterocycles. The number of nitrogens with zero attached hydrogens (tertiary/aromatic N) is 2. The van der Waals surface area contributed by atoms with Crippen LogP contribution in [0.1, 0.15) is 33.6 Å². The van der Waals surface area contributed by atoms with Crippen molar-refractivity contribution in [3.8, 4) is 0 Å². The molecule has 0 aromatic carbocycles. The van der Waals surface area contributed by atoms with Crippen LogP contribution in [-0.2, 0) is 9.53 Å². The molecule has 0 bridgehead atoms. The lowest BCUT2D eigenvalue weighted by Gasteiger charge is -2.34. The SMILES string of the molecule is CC(C)(C)OC(=O)N1CCCC(C(=O)N2CCSC2)C1. The van der Waals surface area contributed by atoms with Crippen molar-refractivity contribution in [1.82, 2.24) is 9.80 Å². The minimum atomic E-state index is -0.486. The van der Waals surface area contributed by atoms with Crippen LogP contribution in [0.4, 0.5) is 4.79 Å². The molecule has 0 spiro atoms. The predicted octanol–water partition coefficient (Wildman–Crippen LogP) is 2.17. The molecular formula is C14H24N2O3S. The minimum absolute atomic E-state index is 0.0602. The summed E-state index contributed by atoms with van der Waals surface area (Å²) in [5, 5.41) is 0. The number of carbonyl (C=O) groups excluding carboxylic acids is 2. The number of likely N-dealkylation sites (tertiary alicyclic amines) is 1. The number of amides is 2. The summed E-state index contributed by atoms with van der Waals surface area (Å²) in [6, 6.07) is 0. The fraction of sp³-hybridized carbons (Fsp3) is 0.857. The van der Waals surface area contributed by atoms with Crippen LogP contribution in [0.15, 0.2) is 0 Å². The number of carbonyl (C=O) groups is 2. The summed E-state index contributed by atoms with van der Waals surface area (Å²) >= 11 is 1.79. The lowest BCUT2D eigenvalue weighted by atomic mass is 9.97. The number of rotatable bonds is 1. The Labute approximate surface area is 125 Å². The molecule has 2 amide bonds. The molecule has 1 atom stereocenters. The van der Waals surface area contributed by atoms with Crippen LogP contribution in [0.25, 0.3) is 0 Å². The maximum Gasteiger partial charge on any atom is 0.410 e. The van der Waals surface area contributed by atoms with E-state index in [0.717, 1.165) is 31.0 Å². The lowest BCUT2D eigenvalue weighted by molar-refractivity contribution is -0.135. The molecule has 114 valence electrons. The quantitative estimate of drug-likeness (QED) is 0.744. The van der Waals surface area contributed by atoms with Crippen molar-refractivity contribution in [3.63, 3.8) is 0 Å². The molecule has 0 aliphatic carbocycles. The highest BCUT2D eigenvalue weighted by molar-refractivity contribution is 7.99. The van der Waals surface area contributed by atoms with E-state index in [9.17, 15) is 9.59 Å². The fourth-order valence-corrected chi connectivity index (χ4v) is 3.47. The zero-order valence-electron chi connectivity index (χ0n) is 12.6. The highest BCUT2D eigenvalue weighted by atomic mass is 32.2. The maximum atomic E-state index is 12.4. The van der Waals surface area contributed by atoms with Crippen LogP contribution in [0.5, 0.6) is 0 Å². The Morgan fingerprint density at radius 3 is 2.55 bits per heavy atom. The number of ether oxygens (including phenoxy) is 1. The highest BCUT2D eigenvalue weighted by Crippen LogP contribution is 2.23. The molecule has 0 aromatic heterocycles. The smallest absolute Gasteiger partial charge is 0.410 e. The van der Waals surface area contributed by atoms with Gasteiger partial charge in [-0.15, -0.1) is 11.8 Å². The van der Waals surface area contributed by atoms with Crippen LogP contribution in [0, 0.1) is 5.92 Å². The van der Waals surface area contributed by atoms with Gasteiger partial charge in [-0.3, -0.25) is 4.79 Å². The van der Waals surface area contributed by atoms with Crippen LogP contribution in [-0.4, -0.2) is 58.7 Å². The largest absolute Gasteiger partial charge is 0.444 e. The van der Waals surface area contributed by atoms with Gasteiger partial charge in [0, 0.05) is 25.4 Å². The number of hydrogen-bond donors (Lipinski definition) is 0. The van der Waals surface area contributed by atoms with Crippen molar-refractivity contribution in [3.05, 3.63) is 0 Å². The molecule has 0 N–H and O–H groups in total. The van der Waals surface area contributed by atoms with Crippen molar-refractivity contribution in [2.45, 2.75) is 39.2 Å².